The highest BCUT2D eigenvalue weighted by atomic mass is 35.5. The van der Waals surface area contributed by atoms with Crippen molar-refractivity contribution in [2.24, 2.45) is 0 Å². The van der Waals surface area contributed by atoms with Gasteiger partial charge in [-0.1, -0.05) is 23.7 Å². The molecule has 3 fully saturated rings. The third kappa shape index (κ3) is 4.14. The first kappa shape index (κ1) is 20.3. The van der Waals surface area contributed by atoms with E-state index >= 15 is 0 Å². The fourth-order valence-electron chi connectivity index (χ4n) is 4.64. The Kier molecular flexibility index (Phi) is 5.15. The lowest BCUT2D eigenvalue weighted by Gasteiger charge is -2.37. The lowest BCUT2D eigenvalue weighted by atomic mass is 9.91. The summed E-state index contributed by atoms with van der Waals surface area (Å²) in [4.78, 5) is 27.6. The van der Waals surface area contributed by atoms with E-state index in [-0.39, 0.29) is 11.7 Å². The number of amides is 1. The number of hydrogen-bond donors (Lipinski definition) is 1. The molecule has 2 aromatic carbocycles. The topological polar surface area (TPSA) is 70.1 Å². The highest BCUT2D eigenvalue weighted by molar-refractivity contribution is 6.31. The molecular formula is C24H25ClN2O4. The monoisotopic (exact) mass is 440 g/mol. The van der Waals surface area contributed by atoms with Gasteiger partial charge in [-0.15, -0.1) is 0 Å². The molecule has 1 amide bonds. The quantitative estimate of drug-likeness (QED) is 0.715. The molecule has 2 heterocycles. The number of piperidine rings is 1. The molecule has 0 bridgehead atoms. The van der Waals surface area contributed by atoms with Crippen molar-refractivity contribution in [1.29, 1.82) is 0 Å². The SMILES string of the molecule is O=C(O)c1ccc(N2CC3(CCN(Cc4ccc(Cl)c(C5CC5)c4)CC3)OC2=O)cc1. The molecule has 7 heteroatoms. The molecule has 5 rings (SSSR count). The molecule has 31 heavy (non-hydrogen) atoms. The van der Waals surface area contributed by atoms with Gasteiger partial charge in [-0.05, 0) is 60.2 Å². The number of carboxylic acid groups (broad SMARTS) is 1. The molecule has 0 atom stereocenters. The zero-order chi connectivity index (χ0) is 21.6. The predicted octanol–water partition coefficient (Wildman–Crippen LogP) is 4.91. The lowest BCUT2D eigenvalue weighted by molar-refractivity contribution is -0.000982. The minimum Gasteiger partial charge on any atom is -0.478 e. The highest BCUT2D eigenvalue weighted by Gasteiger charge is 2.47. The molecule has 162 valence electrons. The van der Waals surface area contributed by atoms with E-state index in [1.165, 1.54) is 36.1 Å². The molecule has 6 nitrogen and oxygen atoms in total. The molecule has 1 spiro atoms. The Labute approximate surface area is 186 Å². The van der Waals surface area contributed by atoms with Gasteiger partial charge in [0.25, 0.3) is 0 Å². The van der Waals surface area contributed by atoms with E-state index in [0.29, 0.717) is 18.2 Å². The number of likely N-dealkylation sites (tertiary alicyclic amines) is 1. The summed E-state index contributed by atoms with van der Waals surface area (Å²) < 4.78 is 5.83. The molecule has 0 aromatic heterocycles. The van der Waals surface area contributed by atoms with Gasteiger partial charge in [0, 0.05) is 43.2 Å². The number of hydrogen-bond acceptors (Lipinski definition) is 4. The summed E-state index contributed by atoms with van der Waals surface area (Å²) in [5.74, 6) is -0.352. The van der Waals surface area contributed by atoms with Crippen molar-refractivity contribution in [2.45, 2.75) is 43.7 Å². The van der Waals surface area contributed by atoms with Crippen LogP contribution in [0.3, 0.4) is 0 Å². The van der Waals surface area contributed by atoms with Gasteiger partial charge in [0.1, 0.15) is 5.60 Å². The third-order valence-corrected chi connectivity index (χ3v) is 6.99. The largest absolute Gasteiger partial charge is 0.478 e. The number of benzene rings is 2. The van der Waals surface area contributed by atoms with Crippen LogP contribution in [-0.2, 0) is 11.3 Å². The Hall–Kier alpha value is -2.57. The maximum Gasteiger partial charge on any atom is 0.415 e. The summed E-state index contributed by atoms with van der Waals surface area (Å²) in [7, 11) is 0. The number of aromatic carboxylic acids is 1. The summed E-state index contributed by atoms with van der Waals surface area (Å²) >= 11 is 6.36. The molecule has 2 saturated heterocycles. The van der Waals surface area contributed by atoms with E-state index in [1.54, 1.807) is 17.0 Å². The van der Waals surface area contributed by atoms with Gasteiger partial charge < -0.3 is 9.84 Å². The van der Waals surface area contributed by atoms with Gasteiger partial charge in [-0.2, -0.15) is 0 Å². The number of carbonyl (C=O) groups is 2. The van der Waals surface area contributed by atoms with E-state index in [1.807, 2.05) is 6.07 Å². The predicted molar refractivity (Wildman–Crippen MR) is 118 cm³/mol. The average molecular weight is 441 g/mol. The van der Waals surface area contributed by atoms with Crippen LogP contribution in [0.5, 0.6) is 0 Å². The first-order valence-electron chi connectivity index (χ1n) is 10.8. The second-order valence-electron chi connectivity index (χ2n) is 8.90. The molecule has 1 saturated carbocycles. The van der Waals surface area contributed by atoms with Crippen LogP contribution in [0.1, 0.15) is 53.1 Å². The summed E-state index contributed by atoms with van der Waals surface area (Å²) in [6, 6.07) is 12.7. The number of halogens is 1. The molecule has 0 unspecified atom stereocenters. The van der Waals surface area contributed by atoms with Crippen LogP contribution < -0.4 is 4.90 Å². The van der Waals surface area contributed by atoms with Crippen LogP contribution in [0.2, 0.25) is 5.02 Å². The van der Waals surface area contributed by atoms with Crippen LogP contribution in [0.15, 0.2) is 42.5 Å². The van der Waals surface area contributed by atoms with Crippen LogP contribution >= 0.6 is 11.6 Å². The van der Waals surface area contributed by atoms with E-state index in [4.69, 9.17) is 21.4 Å². The fraction of sp³-hybridized carbons (Fsp3) is 0.417. The molecule has 1 aliphatic carbocycles. The molecular weight excluding hydrogens is 416 g/mol. The summed E-state index contributed by atoms with van der Waals surface area (Å²) in [6.07, 6.45) is 3.67. The Bertz CT molecular complexity index is 1010. The zero-order valence-electron chi connectivity index (χ0n) is 17.2. The van der Waals surface area contributed by atoms with E-state index in [0.717, 1.165) is 37.5 Å². The summed E-state index contributed by atoms with van der Waals surface area (Å²) in [5, 5.41) is 9.94. The van der Waals surface area contributed by atoms with Crippen LogP contribution in [0, 0.1) is 0 Å². The molecule has 0 radical (unpaired) electrons. The van der Waals surface area contributed by atoms with E-state index in [2.05, 4.69) is 17.0 Å². The van der Waals surface area contributed by atoms with Crippen LogP contribution in [0.4, 0.5) is 10.5 Å². The first-order valence-corrected chi connectivity index (χ1v) is 11.1. The second-order valence-corrected chi connectivity index (χ2v) is 9.30. The second kappa shape index (κ2) is 7.84. The first-order chi connectivity index (χ1) is 14.9. The Balaban J connectivity index is 1.21. The van der Waals surface area contributed by atoms with Crippen molar-refractivity contribution in [3.63, 3.8) is 0 Å². The van der Waals surface area contributed by atoms with Gasteiger partial charge in [-0.25, -0.2) is 9.59 Å². The van der Waals surface area contributed by atoms with Crippen molar-refractivity contribution in [2.75, 3.05) is 24.5 Å². The maximum absolute atomic E-state index is 12.5. The number of anilines is 1. The summed E-state index contributed by atoms with van der Waals surface area (Å²) in [5.41, 5.74) is 2.96. The van der Waals surface area contributed by atoms with Crippen molar-refractivity contribution in [3.05, 3.63) is 64.2 Å². The number of nitrogens with zero attached hydrogens (tertiary/aromatic N) is 2. The third-order valence-electron chi connectivity index (χ3n) is 6.65. The van der Waals surface area contributed by atoms with Crippen molar-refractivity contribution in [1.82, 2.24) is 4.90 Å². The van der Waals surface area contributed by atoms with Crippen molar-refractivity contribution in [3.8, 4) is 0 Å². The van der Waals surface area contributed by atoms with Gasteiger partial charge >= 0.3 is 12.1 Å². The standard InChI is InChI=1S/C24H25ClN2O4/c25-21-8-1-16(13-20(21)17-2-3-17)14-26-11-9-24(10-12-26)15-27(23(30)31-24)19-6-4-18(5-7-19)22(28)29/h1,4-8,13,17H,2-3,9-12,14-15H2,(H,28,29). The molecule has 2 aromatic rings. The normalized spacial score (nSPS) is 20.8. The molecule has 1 N–H and O–H groups in total. The Morgan fingerprint density at radius 3 is 2.48 bits per heavy atom. The van der Waals surface area contributed by atoms with Gasteiger partial charge in [-0.3, -0.25) is 9.80 Å². The Morgan fingerprint density at radius 2 is 1.84 bits per heavy atom. The minimum absolute atomic E-state index is 0.200. The summed E-state index contributed by atoms with van der Waals surface area (Å²) in [6.45, 7) is 3.10. The van der Waals surface area contributed by atoms with Gasteiger partial charge in [0.05, 0.1) is 12.1 Å². The lowest BCUT2D eigenvalue weighted by Crippen LogP contribution is -2.46. The van der Waals surface area contributed by atoms with Crippen molar-refractivity contribution >= 4 is 29.4 Å². The number of ether oxygens (including phenoxy) is 1. The van der Waals surface area contributed by atoms with Crippen LogP contribution in [-0.4, -0.2) is 47.3 Å². The number of carbonyl (C=O) groups excluding carboxylic acids is 1. The van der Waals surface area contributed by atoms with E-state index in [9.17, 15) is 9.59 Å². The molecule has 3 aliphatic rings. The Morgan fingerprint density at radius 1 is 1.13 bits per heavy atom. The van der Waals surface area contributed by atoms with E-state index < -0.39 is 11.6 Å². The zero-order valence-corrected chi connectivity index (χ0v) is 18.0. The van der Waals surface area contributed by atoms with Gasteiger partial charge in [0.2, 0.25) is 0 Å². The maximum atomic E-state index is 12.5. The average Bonchev–Trinajstić information content (AvgIpc) is 3.55. The number of rotatable bonds is 5. The van der Waals surface area contributed by atoms with Gasteiger partial charge in [0.15, 0.2) is 0 Å². The van der Waals surface area contributed by atoms with Crippen LogP contribution in [0.25, 0.3) is 0 Å². The fourth-order valence-corrected chi connectivity index (χ4v) is 4.91. The number of carboxylic acids is 1. The smallest absolute Gasteiger partial charge is 0.415 e. The highest BCUT2D eigenvalue weighted by Crippen LogP contribution is 2.43. The minimum atomic E-state index is -0.982. The van der Waals surface area contributed by atoms with Crippen molar-refractivity contribution < 1.29 is 19.4 Å². The molecule has 2 aliphatic heterocycles.